The van der Waals surface area contributed by atoms with Gasteiger partial charge in [-0.1, -0.05) is 13.8 Å². The number of hydrogen-bond acceptors (Lipinski definition) is 4. The number of nitrogens with zero attached hydrogens (tertiary/aromatic N) is 2. The number of aryl methyl sites for hydroxylation is 2. The molecule has 0 radical (unpaired) electrons. The Bertz CT molecular complexity index is 531. The third kappa shape index (κ3) is 2.51. The Hall–Kier alpha value is -1.75. The number of aliphatic hydroxyl groups is 1. The normalized spacial score (nSPS) is 12.6. The van der Waals surface area contributed by atoms with Crippen LogP contribution in [0.2, 0.25) is 0 Å². The molecule has 0 spiro atoms. The third-order valence-corrected chi connectivity index (χ3v) is 3.15. The van der Waals surface area contributed by atoms with Crippen LogP contribution in [0.3, 0.4) is 0 Å². The van der Waals surface area contributed by atoms with Crippen molar-refractivity contribution in [3.8, 4) is 5.75 Å². The summed E-state index contributed by atoms with van der Waals surface area (Å²) in [5.74, 6) is 1.39. The summed E-state index contributed by atoms with van der Waals surface area (Å²) < 4.78 is 12.5. The van der Waals surface area contributed by atoms with Crippen molar-refractivity contribution < 1.29 is 14.3 Å². The van der Waals surface area contributed by atoms with Gasteiger partial charge >= 0.3 is 0 Å². The van der Waals surface area contributed by atoms with E-state index >= 15 is 0 Å². The molecule has 2 rings (SSSR count). The molecule has 19 heavy (non-hydrogen) atoms. The van der Waals surface area contributed by atoms with Crippen molar-refractivity contribution >= 4 is 0 Å². The number of rotatable bonds is 6. The third-order valence-electron chi connectivity index (χ3n) is 3.15. The van der Waals surface area contributed by atoms with Crippen LogP contribution in [-0.4, -0.2) is 22.0 Å². The quantitative estimate of drug-likeness (QED) is 0.871. The molecule has 5 nitrogen and oxygen atoms in total. The summed E-state index contributed by atoms with van der Waals surface area (Å²) in [5.41, 5.74) is 1.46. The molecule has 0 saturated heterocycles. The molecule has 1 N–H and O–H groups in total. The number of aromatic nitrogens is 2. The first kappa shape index (κ1) is 13.7. The molecule has 0 saturated carbocycles. The highest BCUT2D eigenvalue weighted by atomic mass is 16.5. The molecule has 0 aliphatic rings. The zero-order chi connectivity index (χ0) is 13.8. The van der Waals surface area contributed by atoms with E-state index in [1.54, 1.807) is 30.3 Å². The monoisotopic (exact) mass is 264 g/mol. The van der Waals surface area contributed by atoms with E-state index < -0.39 is 6.10 Å². The van der Waals surface area contributed by atoms with Crippen molar-refractivity contribution in [2.24, 2.45) is 0 Å². The Balaban J connectivity index is 2.42. The van der Waals surface area contributed by atoms with Gasteiger partial charge in [-0.3, -0.25) is 4.68 Å². The summed E-state index contributed by atoms with van der Waals surface area (Å²) in [5, 5.41) is 14.9. The second kappa shape index (κ2) is 5.93. The maximum atomic E-state index is 10.6. The van der Waals surface area contributed by atoms with Gasteiger partial charge in [-0.15, -0.1) is 0 Å². The van der Waals surface area contributed by atoms with E-state index in [1.165, 1.54) is 0 Å². The van der Waals surface area contributed by atoms with E-state index in [2.05, 4.69) is 12.0 Å². The van der Waals surface area contributed by atoms with Crippen molar-refractivity contribution in [3.05, 3.63) is 35.5 Å². The van der Waals surface area contributed by atoms with Crippen LogP contribution >= 0.6 is 0 Å². The minimum absolute atomic E-state index is 0.601. The molecule has 0 aromatic carbocycles. The summed E-state index contributed by atoms with van der Waals surface area (Å²) >= 11 is 0. The number of furan rings is 1. The Kier molecular flexibility index (Phi) is 4.27. The Morgan fingerprint density at radius 2 is 2.26 bits per heavy atom. The first-order valence-corrected chi connectivity index (χ1v) is 6.56. The minimum Gasteiger partial charge on any atom is -0.493 e. The Labute approximate surface area is 112 Å². The van der Waals surface area contributed by atoms with Crippen LogP contribution in [0.5, 0.6) is 5.75 Å². The predicted molar refractivity (Wildman–Crippen MR) is 71.2 cm³/mol. The fourth-order valence-corrected chi connectivity index (χ4v) is 2.23. The Morgan fingerprint density at radius 3 is 2.89 bits per heavy atom. The van der Waals surface area contributed by atoms with Gasteiger partial charge in [0.15, 0.2) is 5.75 Å². The van der Waals surface area contributed by atoms with Crippen molar-refractivity contribution in [2.75, 3.05) is 7.11 Å². The van der Waals surface area contributed by atoms with Gasteiger partial charge < -0.3 is 14.3 Å². The van der Waals surface area contributed by atoms with Gasteiger partial charge in [0.1, 0.15) is 17.6 Å². The van der Waals surface area contributed by atoms with Crippen molar-refractivity contribution in [1.82, 2.24) is 9.78 Å². The van der Waals surface area contributed by atoms with E-state index in [1.807, 2.05) is 6.92 Å². The van der Waals surface area contributed by atoms with Crippen LogP contribution in [0.25, 0.3) is 0 Å². The second-order valence-corrected chi connectivity index (χ2v) is 4.38. The van der Waals surface area contributed by atoms with Crippen molar-refractivity contribution in [3.63, 3.8) is 0 Å². The maximum Gasteiger partial charge on any atom is 0.163 e. The molecule has 0 bridgehead atoms. The lowest BCUT2D eigenvalue weighted by atomic mass is 10.1. The van der Waals surface area contributed by atoms with Gasteiger partial charge in [-0.05, 0) is 12.5 Å². The molecule has 2 heterocycles. The van der Waals surface area contributed by atoms with Crippen LogP contribution in [0.1, 0.15) is 43.4 Å². The second-order valence-electron chi connectivity index (χ2n) is 4.38. The van der Waals surface area contributed by atoms with Gasteiger partial charge in [0, 0.05) is 18.5 Å². The van der Waals surface area contributed by atoms with Crippen LogP contribution in [0, 0.1) is 0 Å². The van der Waals surface area contributed by atoms with Gasteiger partial charge in [0.25, 0.3) is 0 Å². The zero-order valence-electron chi connectivity index (χ0n) is 11.6. The zero-order valence-corrected chi connectivity index (χ0v) is 11.6. The maximum absolute atomic E-state index is 10.6. The molecule has 104 valence electrons. The summed E-state index contributed by atoms with van der Waals surface area (Å²) in [6.45, 7) is 4.81. The van der Waals surface area contributed by atoms with E-state index in [0.717, 1.165) is 30.7 Å². The molecule has 5 heteroatoms. The highest BCUT2D eigenvalue weighted by Crippen LogP contribution is 2.32. The summed E-state index contributed by atoms with van der Waals surface area (Å²) in [4.78, 5) is 0. The number of hydrogen-bond donors (Lipinski definition) is 1. The topological polar surface area (TPSA) is 60.4 Å². The Morgan fingerprint density at radius 1 is 1.47 bits per heavy atom. The SMILES string of the molecule is CCCn1ncc(OC)c1C(O)c1ccoc1CC. The lowest BCUT2D eigenvalue weighted by Gasteiger charge is -2.14. The van der Waals surface area contributed by atoms with Gasteiger partial charge in [0.2, 0.25) is 0 Å². The molecular weight excluding hydrogens is 244 g/mol. The van der Waals surface area contributed by atoms with Gasteiger partial charge in [-0.2, -0.15) is 5.10 Å². The largest absolute Gasteiger partial charge is 0.493 e. The molecule has 2 aromatic heterocycles. The van der Waals surface area contributed by atoms with E-state index in [-0.39, 0.29) is 0 Å². The molecule has 0 aliphatic heterocycles. The fraction of sp³-hybridized carbons (Fsp3) is 0.500. The van der Waals surface area contributed by atoms with Crippen molar-refractivity contribution in [1.29, 1.82) is 0 Å². The highest BCUT2D eigenvalue weighted by Gasteiger charge is 2.24. The van der Waals surface area contributed by atoms with E-state index in [9.17, 15) is 5.11 Å². The minimum atomic E-state index is -0.780. The van der Waals surface area contributed by atoms with Gasteiger partial charge in [0.05, 0.1) is 19.6 Å². The average molecular weight is 264 g/mol. The van der Waals surface area contributed by atoms with Crippen molar-refractivity contribution in [2.45, 2.75) is 39.3 Å². The van der Waals surface area contributed by atoms with Crippen LogP contribution < -0.4 is 4.74 Å². The molecular formula is C14H20N2O3. The molecule has 0 amide bonds. The molecule has 0 fully saturated rings. The standard InChI is InChI=1S/C14H20N2O3/c1-4-7-16-13(12(18-3)9-15-16)14(17)10-6-8-19-11(10)5-2/h6,8-9,14,17H,4-5,7H2,1-3H3. The molecule has 2 aromatic rings. The molecule has 1 unspecified atom stereocenters. The van der Waals surface area contributed by atoms with Crippen LogP contribution in [0.4, 0.5) is 0 Å². The van der Waals surface area contributed by atoms with Gasteiger partial charge in [-0.25, -0.2) is 0 Å². The smallest absolute Gasteiger partial charge is 0.163 e. The summed E-state index contributed by atoms with van der Waals surface area (Å²) in [6, 6.07) is 1.80. The van der Waals surface area contributed by atoms with Crippen LogP contribution in [0.15, 0.2) is 22.9 Å². The predicted octanol–water partition coefficient (Wildman–Crippen LogP) is 2.54. The highest BCUT2D eigenvalue weighted by molar-refractivity contribution is 5.35. The lowest BCUT2D eigenvalue weighted by Crippen LogP contribution is -2.11. The molecule has 1 atom stereocenters. The number of methoxy groups -OCH3 is 1. The molecule has 0 aliphatic carbocycles. The lowest BCUT2D eigenvalue weighted by molar-refractivity contribution is 0.199. The average Bonchev–Trinajstić information content (AvgIpc) is 3.04. The van der Waals surface area contributed by atoms with E-state index in [4.69, 9.17) is 9.15 Å². The number of ether oxygens (including phenoxy) is 1. The summed E-state index contributed by atoms with van der Waals surface area (Å²) in [7, 11) is 1.58. The fourth-order valence-electron chi connectivity index (χ4n) is 2.23. The summed E-state index contributed by atoms with van der Waals surface area (Å²) in [6.07, 6.45) is 4.14. The van der Waals surface area contributed by atoms with Crippen LogP contribution in [-0.2, 0) is 13.0 Å². The van der Waals surface area contributed by atoms with E-state index in [0.29, 0.717) is 11.4 Å². The first-order valence-electron chi connectivity index (χ1n) is 6.56. The first-order chi connectivity index (χ1) is 9.22. The number of aliphatic hydroxyl groups excluding tert-OH is 1.